The number of nitrogens with zero attached hydrogens (tertiary/aromatic N) is 6. The predicted octanol–water partition coefficient (Wildman–Crippen LogP) is 6.14. The normalized spacial score (nSPS) is 17.7. The van der Waals surface area contributed by atoms with Crippen molar-refractivity contribution in [1.29, 1.82) is 0 Å². The van der Waals surface area contributed by atoms with E-state index in [9.17, 15) is 9.59 Å². The topological polar surface area (TPSA) is 86.6 Å². The molecule has 6 rings (SSSR count). The Labute approximate surface area is 267 Å². The van der Waals surface area contributed by atoms with Gasteiger partial charge >= 0.3 is 0 Å². The Hall–Kier alpha value is -3.66. The van der Waals surface area contributed by atoms with Gasteiger partial charge in [0.15, 0.2) is 0 Å². The number of likely N-dealkylation sites (tertiary alicyclic amines) is 1. The third-order valence-corrected chi connectivity index (χ3v) is 9.45. The summed E-state index contributed by atoms with van der Waals surface area (Å²) in [6.07, 6.45) is 3.74. The van der Waals surface area contributed by atoms with Crippen molar-refractivity contribution < 1.29 is 4.79 Å². The van der Waals surface area contributed by atoms with Gasteiger partial charge in [0.25, 0.3) is 5.56 Å². The molecule has 0 saturated carbocycles. The molecule has 2 aliphatic rings. The lowest BCUT2D eigenvalue weighted by atomic mass is 9.98. The Morgan fingerprint density at radius 3 is 2.55 bits per heavy atom. The number of carbonyl (C=O) groups excluding carboxylic acids is 1. The Morgan fingerprint density at radius 2 is 1.82 bits per heavy atom. The van der Waals surface area contributed by atoms with Crippen LogP contribution in [-0.2, 0) is 4.79 Å². The highest BCUT2D eigenvalue weighted by Gasteiger charge is 2.29. The lowest BCUT2D eigenvalue weighted by Gasteiger charge is -2.34. The standard InChI is InChI=1S/C33H37Cl2N7O2/c1-4-29(43)41-13-7-8-23(20-41)42-31-25(21(2)30(32(42)44)24-9-5-6-10-26(24)34)19-36-33(38-31)37-22-11-12-28(27(35)18-22)40-16-14-39(3)15-17-40/h5-6,9-12,18-19,23H,4,7-8,13-17,20H2,1-3H3,(H,36,37,38)/t23-/m0/s1. The van der Waals surface area contributed by atoms with Crippen LogP contribution in [0, 0.1) is 6.92 Å². The highest BCUT2D eigenvalue weighted by molar-refractivity contribution is 6.34. The molecule has 2 aromatic carbocycles. The van der Waals surface area contributed by atoms with Gasteiger partial charge < -0.3 is 20.0 Å². The molecule has 0 bridgehead atoms. The van der Waals surface area contributed by atoms with E-state index in [1.165, 1.54) is 0 Å². The molecule has 4 aromatic rings. The molecule has 4 heterocycles. The van der Waals surface area contributed by atoms with Gasteiger partial charge in [0.05, 0.1) is 22.3 Å². The van der Waals surface area contributed by atoms with Crippen LogP contribution in [0.5, 0.6) is 0 Å². The number of piperazine rings is 1. The molecular weight excluding hydrogens is 597 g/mol. The van der Waals surface area contributed by atoms with Crippen molar-refractivity contribution in [2.45, 2.75) is 39.2 Å². The average Bonchev–Trinajstić information content (AvgIpc) is 3.02. The summed E-state index contributed by atoms with van der Waals surface area (Å²) in [7, 11) is 2.13. The number of halogens is 2. The molecule has 1 amide bonds. The summed E-state index contributed by atoms with van der Waals surface area (Å²) < 4.78 is 1.76. The fraction of sp³-hybridized carbons (Fsp3) is 0.394. The number of piperidine rings is 1. The second kappa shape index (κ2) is 12.8. The first-order valence-corrected chi connectivity index (χ1v) is 15.9. The molecule has 0 spiro atoms. The largest absolute Gasteiger partial charge is 0.368 e. The first kappa shape index (κ1) is 30.4. The Morgan fingerprint density at radius 1 is 1.05 bits per heavy atom. The third kappa shape index (κ3) is 5.88. The first-order chi connectivity index (χ1) is 21.2. The summed E-state index contributed by atoms with van der Waals surface area (Å²) in [5, 5.41) is 5.21. The number of pyridine rings is 1. The van der Waals surface area contributed by atoms with E-state index in [1.807, 2.05) is 55.1 Å². The summed E-state index contributed by atoms with van der Waals surface area (Å²) in [5.74, 6) is 0.440. The number of carbonyl (C=O) groups is 1. The van der Waals surface area contributed by atoms with Crippen molar-refractivity contribution in [3.05, 3.63) is 74.6 Å². The first-order valence-electron chi connectivity index (χ1n) is 15.2. The van der Waals surface area contributed by atoms with Crippen molar-refractivity contribution in [3.8, 4) is 11.1 Å². The van der Waals surface area contributed by atoms with Crippen LogP contribution >= 0.6 is 23.2 Å². The van der Waals surface area contributed by atoms with Gasteiger partial charge in [-0.05, 0) is 56.6 Å². The van der Waals surface area contributed by atoms with Crippen molar-refractivity contribution >= 4 is 57.5 Å². The predicted molar refractivity (Wildman–Crippen MR) is 179 cm³/mol. The molecule has 1 atom stereocenters. The van der Waals surface area contributed by atoms with Crippen LogP contribution in [0.2, 0.25) is 10.0 Å². The van der Waals surface area contributed by atoms with E-state index >= 15 is 0 Å². The van der Waals surface area contributed by atoms with E-state index in [2.05, 4.69) is 27.1 Å². The van der Waals surface area contributed by atoms with Crippen LogP contribution in [-0.4, -0.2) is 76.6 Å². The van der Waals surface area contributed by atoms with E-state index < -0.39 is 0 Å². The van der Waals surface area contributed by atoms with Crippen LogP contribution < -0.4 is 15.8 Å². The molecule has 0 unspecified atom stereocenters. The van der Waals surface area contributed by atoms with Crippen molar-refractivity contribution in [2.75, 3.05) is 56.5 Å². The maximum absolute atomic E-state index is 14.4. The number of aryl methyl sites for hydroxylation is 1. The average molecular weight is 635 g/mol. The van der Waals surface area contributed by atoms with Crippen molar-refractivity contribution in [2.24, 2.45) is 0 Å². The Kier molecular flexibility index (Phi) is 8.80. The molecule has 11 heteroatoms. The molecule has 9 nitrogen and oxygen atoms in total. The molecule has 1 N–H and O–H groups in total. The molecule has 0 aliphatic carbocycles. The van der Waals surface area contributed by atoms with Crippen LogP contribution in [0.1, 0.15) is 37.8 Å². The zero-order valence-corrected chi connectivity index (χ0v) is 26.8. The fourth-order valence-corrected chi connectivity index (χ4v) is 6.88. The number of aromatic nitrogens is 3. The summed E-state index contributed by atoms with van der Waals surface area (Å²) in [6, 6.07) is 13.0. The van der Waals surface area contributed by atoms with Crippen LogP contribution in [0.3, 0.4) is 0 Å². The number of rotatable bonds is 6. The molecule has 230 valence electrons. The van der Waals surface area contributed by atoms with Gasteiger partial charge in [-0.3, -0.25) is 14.2 Å². The van der Waals surface area contributed by atoms with E-state index in [0.29, 0.717) is 52.3 Å². The van der Waals surface area contributed by atoms with E-state index in [4.69, 9.17) is 28.2 Å². The molecule has 0 radical (unpaired) electrons. The number of amides is 1. The van der Waals surface area contributed by atoms with E-state index in [1.54, 1.807) is 16.8 Å². The maximum atomic E-state index is 14.4. The quantitative estimate of drug-likeness (QED) is 0.273. The third-order valence-electron chi connectivity index (χ3n) is 8.82. The van der Waals surface area contributed by atoms with E-state index in [0.717, 1.165) is 61.3 Å². The monoisotopic (exact) mass is 633 g/mol. The van der Waals surface area contributed by atoms with Crippen LogP contribution in [0.25, 0.3) is 22.2 Å². The smallest absolute Gasteiger partial charge is 0.260 e. The summed E-state index contributed by atoms with van der Waals surface area (Å²) in [6.45, 7) is 8.74. The van der Waals surface area contributed by atoms with Crippen LogP contribution in [0.15, 0.2) is 53.5 Å². The van der Waals surface area contributed by atoms with Crippen molar-refractivity contribution in [1.82, 2.24) is 24.3 Å². The van der Waals surface area contributed by atoms with Gasteiger partial charge in [0.2, 0.25) is 11.9 Å². The lowest BCUT2D eigenvalue weighted by Crippen LogP contribution is -2.44. The molecule has 2 fully saturated rings. The number of fused-ring (bicyclic) bond motifs is 1. The van der Waals surface area contributed by atoms with Gasteiger partial charge in [0.1, 0.15) is 5.65 Å². The second-order valence-corrected chi connectivity index (χ2v) is 12.5. The van der Waals surface area contributed by atoms with Gasteiger partial charge in [-0.15, -0.1) is 0 Å². The molecule has 2 aliphatic heterocycles. The highest BCUT2D eigenvalue weighted by atomic mass is 35.5. The van der Waals surface area contributed by atoms with Gasteiger partial charge in [0, 0.05) is 73.5 Å². The Balaban J connectivity index is 1.42. The molecular formula is C33H37Cl2N7O2. The minimum atomic E-state index is -0.240. The maximum Gasteiger partial charge on any atom is 0.260 e. The minimum Gasteiger partial charge on any atom is -0.368 e. The lowest BCUT2D eigenvalue weighted by molar-refractivity contribution is -0.132. The fourth-order valence-electron chi connectivity index (χ4n) is 6.35. The van der Waals surface area contributed by atoms with Gasteiger partial charge in [-0.25, -0.2) is 4.98 Å². The zero-order valence-electron chi connectivity index (χ0n) is 25.3. The molecule has 44 heavy (non-hydrogen) atoms. The molecule has 2 aromatic heterocycles. The van der Waals surface area contributed by atoms with Crippen LogP contribution in [0.4, 0.5) is 17.3 Å². The van der Waals surface area contributed by atoms with Gasteiger partial charge in [-0.1, -0.05) is 48.3 Å². The summed E-state index contributed by atoms with van der Waals surface area (Å²) in [5.41, 5.74) is 4.06. The van der Waals surface area contributed by atoms with E-state index in [-0.39, 0.29) is 17.5 Å². The van der Waals surface area contributed by atoms with Gasteiger partial charge in [-0.2, -0.15) is 4.98 Å². The number of nitrogens with one attached hydrogen (secondary N) is 1. The number of hydrogen-bond donors (Lipinski definition) is 1. The highest BCUT2D eigenvalue weighted by Crippen LogP contribution is 2.34. The minimum absolute atomic E-state index is 0.0828. The number of hydrogen-bond acceptors (Lipinski definition) is 7. The summed E-state index contributed by atoms with van der Waals surface area (Å²) >= 11 is 13.4. The zero-order chi connectivity index (χ0) is 31.0. The summed E-state index contributed by atoms with van der Waals surface area (Å²) in [4.78, 5) is 43.1. The number of benzene rings is 2. The van der Waals surface area contributed by atoms with Crippen molar-refractivity contribution in [3.63, 3.8) is 0 Å². The molecule has 2 saturated heterocycles. The number of anilines is 3. The second-order valence-electron chi connectivity index (χ2n) is 11.7. The SMILES string of the molecule is CCC(=O)N1CCC[C@H](n2c(=O)c(-c3ccccc3Cl)c(C)c3cnc(Nc4ccc(N5CCN(C)CC5)c(Cl)c4)nc32)C1. The Bertz CT molecular complexity index is 1770. The number of likely N-dealkylation sites (N-methyl/N-ethyl adjacent to an activating group) is 1.